The molecule has 2 fully saturated rings. The Labute approximate surface area is 131 Å². The predicted octanol–water partition coefficient (Wildman–Crippen LogP) is 0.647. The molecular weight excluding hydrogens is 280 g/mol. The van der Waals surface area contributed by atoms with E-state index < -0.39 is 6.10 Å². The molecule has 3 rings (SSSR count). The van der Waals surface area contributed by atoms with Gasteiger partial charge in [0.15, 0.2) is 0 Å². The summed E-state index contributed by atoms with van der Waals surface area (Å²) in [7, 11) is 0. The summed E-state index contributed by atoms with van der Waals surface area (Å²) in [4.78, 5) is 16.5. The minimum atomic E-state index is -0.430. The molecule has 0 spiro atoms. The smallest absolute Gasteiger partial charge is 0.223 e. The maximum Gasteiger partial charge on any atom is 0.223 e. The number of rotatable bonds is 5. The van der Waals surface area contributed by atoms with Crippen LogP contribution in [0.2, 0.25) is 0 Å². The molecule has 6 nitrogen and oxygen atoms in total. The lowest BCUT2D eigenvalue weighted by molar-refractivity contribution is -0.132. The summed E-state index contributed by atoms with van der Waals surface area (Å²) in [6.45, 7) is 3.85. The Morgan fingerprint density at radius 3 is 2.91 bits per heavy atom. The van der Waals surface area contributed by atoms with Crippen molar-refractivity contribution in [2.45, 2.75) is 38.2 Å². The average molecular weight is 306 g/mol. The number of hydrogen-bond acceptors (Lipinski definition) is 4. The first kappa shape index (κ1) is 15.5. The van der Waals surface area contributed by atoms with Gasteiger partial charge in [-0.25, -0.2) is 0 Å². The highest BCUT2D eigenvalue weighted by atomic mass is 16.3. The number of aromatic amines is 1. The first-order valence-corrected chi connectivity index (χ1v) is 8.36. The number of amides is 1. The monoisotopic (exact) mass is 306 g/mol. The maximum absolute atomic E-state index is 12.4. The molecular formula is C16H26N4O2. The van der Waals surface area contributed by atoms with E-state index in [1.807, 2.05) is 11.1 Å². The van der Waals surface area contributed by atoms with Gasteiger partial charge in [-0.2, -0.15) is 5.10 Å². The van der Waals surface area contributed by atoms with Crippen molar-refractivity contribution >= 4 is 5.91 Å². The number of nitrogens with zero attached hydrogens (tertiary/aromatic N) is 3. The Hall–Kier alpha value is -1.40. The van der Waals surface area contributed by atoms with Crippen molar-refractivity contribution in [3.63, 3.8) is 0 Å². The Morgan fingerprint density at radius 2 is 2.23 bits per heavy atom. The van der Waals surface area contributed by atoms with Gasteiger partial charge in [-0.1, -0.05) is 6.42 Å². The van der Waals surface area contributed by atoms with Gasteiger partial charge in [0.1, 0.15) is 0 Å². The highest BCUT2D eigenvalue weighted by molar-refractivity contribution is 5.76. The van der Waals surface area contributed by atoms with Gasteiger partial charge in [0.05, 0.1) is 12.3 Å². The van der Waals surface area contributed by atoms with Crippen LogP contribution in [0.3, 0.4) is 0 Å². The van der Waals surface area contributed by atoms with Crippen LogP contribution in [0.5, 0.6) is 0 Å². The van der Waals surface area contributed by atoms with E-state index in [9.17, 15) is 9.90 Å². The van der Waals surface area contributed by atoms with Crippen molar-refractivity contribution in [3.8, 4) is 0 Å². The minimum absolute atomic E-state index is 0.130. The summed E-state index contributed by atoms with van der Waals surface area (Å²) in [5.41, 5.74) is 1.05. The van der Waals surface area contributed by atoms with E-state index in [1.54, 1.807) is 6.20 Å². The van der Waals surface area contributed by atoms with Gasteiger partial charge in [-0.05, 0) is 30.7 Å². The Kier molecular flexibility index (Phi) is 5.10. The minimum Gasteiger partial charge on any atom is -0.390 e. The third-order valence-electron chi connectivity index (χ3n) is 4.86. The zero-order chi connectivity index (χ0) is 15.4. The van der Waals surface area contributed by atoms with Gasteiger partial charge in [0.25, 0.3) is 0 Å². The number of aromatic nitrogens is 2. The number of aliphatic hydroxyl groups excluding tert-OH is 1. The third-order valence-corrected chi connectivity index (χ3v) is 4.86. The molecule has 2 heterocycles. The molecule has 0 radical (unpaired) electrons. The van der Waals surface area contributed by atoms with Crippen LogP contribution in [0, 0.1) is 5.92 Å². The summed E-state index contributed by atoms with van der Waals surface area (Å²) < 4.78 is 0. The highest BCUT2D eigenvalue weighted by Gasteiger charge is 2.27. The SMILES string of the molecule is O=C(CCc1cn[nH]c1)N1CCN(CC2CCC2)C[C@H](O)C1. The van der Waals surface area contributed by atoms with Gasteiger partial charge in [0.2, 0.25) is 5.91 Å². The molecule has 1 atom stereocenters. The van der Waals surface area contributed by atoms with Gasteiger partial charge in [-0.3, -0.25) is 14.8 Å². The zero-order valence-electron chi connectivity index (χ0n) is 13.1. The molecule has 2 N–H and O–H groups in total. The lowest BCUT2D eigenvalue weighted by Gasteiger charge is -2.32. The standard InChI is InChI=1S/C16H26N4O2/c21-15-11-19(10-13-2-1-3-13)6-7-20(12-15)16(22)5-4-14-8-17-18-9-14/h8-9,13,15,21H,1-7,10-12H2,(H,17,18)/t15-/m0/s1. The second kappa shape index (κ2) is 7.24. The second-order valence-corrected chi connectivity index (χ2v) is 6.66. The topological polar surface area (TPSA) is 72.5 Å². The number of aliphatic hydroxyl groups is 1. The molecule has 0 unspecified atom stereocenters. The Morgan fingerprint density at radius 1 is 1.36 bits per heavy atom. The largest absolute Gasteiger partial charge is 0.390 e. The summed E-state index contributed by atoms with van der Waals surface area (Å²) in [6, 6.07) is 0. The maximum atomic E-state index is 12.4. The van der Waals surface area contributed by atoms with E-state index in [2.05, 4.69) is 15.1 Å². The van der Waals surface area contributed by atoms with Crippen LogP contribution in [0.25, 0.3) is 0 Å². The predicted molar refractivity (Wildman–Crippen MR) is 83.3 cm³/mol. The van der Waals surface area contributed by atoms with Crippen LogP contribution in [-0.4, -0.2) is 69.8 Å². The molecule has 122 valence electrons. The number of carbonyl (C=O) groups excluding carboxylic acids is 1. The number of nitrogens with one attached hydrogen (secondary N) is 1. The lowest BCUT2D eigenvalue weighted by atomic mass is 9.85. The van der Waals surface area contributed by atoms with Crippen LogP contribution < -0.4 is 0 Å². The number of carbonyl (C=O) groups is 1. The molecule has 1 aliphatic heterocycles. The van der Waals surface area contributed by atoms with Crippen LogP contribution in [0.15, 0.2) is 12.4 Å². The van der Waals surface area contributed by atoms with Crippen LogP contribution in [0.1, 0.15) is 31.2 Å². The summed E-state index contributed by atoms with van der Waals surface area (Å²) in [5, 5.41) is 16.8. The molecule has 1 aromatic heterocycles. The van der Waals surface area contributed by atoms with E-state index in [0.29, 0.717) is 25.9 Å². The first-order valence-electron chi connectivity index (χ1n) is 8.36. The Balaban J connectivity index is 1.47. The van der Waals surface area contributed by atoms with Crippen molar-refractivity contribution in [3.05, 3.63) is 18.0 Å². The van der Waals surface area contributed by atoms with E-state index in [-0.39, 0.29) is 5.91 Å². The van der Waals surface area contributed by atoms with E-state index in [4.69, 9.17) is 0 Å². The van der Waals surface area contributed by atoms with Crippen LogP contribution in [0.4, 0.5) is 0 Å². The number of aryl methyl sites for hydroxylation is 1. The first-order chi connectivity index (χ1) is 10.7. The lowest BCUT2D eigenvalue weighted by Crippen LogP contribution is -2.38. The van der Waals surface area contributed by atoms with Crippen molar-refractivity contribution in [2.24, 2.45) is 5.92 Å². The summed E-state index contributed by atoms with van der Waals surface area (Å²) in [6.07, 6.45) is 8.32. The van der Waals surface area contributed by atoms with E-state index in [1.165, 1.54) is 19.3 Å². The van der Waals surface area contributed by atoms with Crippen molar-refractivity contribution in [2.75, 3.05) is 32.7 Å². The van der Waals surface area contributed by atoms with Crippen LogP contribution >= 0.6 is 0 Å². The molecule has 1 aliphatic carbocycles. The van der Waals surface area contributed by atoms with E-state index >= 15 is 0 Å². The molecule has 1 saturated heterocycles. The molecule has 1 amide bonds. The molecule has 0 aromatic carbocycles. The zero-order valence-corrected chi connectivity index (χ0v) is 13.1. The van der Waals surface area contributed by atoms with Crippen molar-refractivity contribution in [1.82, 2.24) is 20.0 Å². The van der Waals surface area contributed by atoms with Gasteiger partial charge < -0.3 is 10.0 Å². The molecule has 6 heteroatoms. The fraction of sp³-hybridized carbons (Fsp3) is 0.750. The number of hydrogen-bond donors (Lipinski definition) is 2. The van der Waals surface area contributed by atoms with Gasteiger partial charge in [-0.15, -0.1) is 0 Å². The summed E-state index contributed by atoms with van der Waals surface area (Å²) >= 11 is 0. The normalized spacial score (nSPS) is 24.0. The third kappa shape index (κ3) is 4.08. The Bertz CT molecular complexity index is 473. The summed E-state index contributed by atoms with van der Waals surface area (Å²) in [5.74, 6) is 0.932. The average Bonchev–Trinajstić information content (AvgIpc) is 2.90. The van der Waals surface area contributed by atoms with Crippen molar-refractivity contribution < 1.29 is 9.90 Å². The molecule has 0 bridgehead atoms. The fourth-order valence-electron chi connectivity index (χ4n) is 3.31. The van der Waals surface area contributed by atoms with Crippen molar-refractivity contribution in [1.29, 1.82) is 0 Å². The molecule has 1 aromatic rings. The van der Waals surface area contributed by atoms with Gasteiger partial charge in [0, 0.05) is 45.3 Å². The number of β-amino-alcohol motifs (C(OH)–C–C–N with tert-alkyl or cyclic N) is 1. The molecule has 2 aliphatic rings. The van der Waals surface area contributed by atoms with E-state index in [0.717, 1.165) is 31.1 Å². The van der Waals surface area contributed by atoms with Crippen LogP contribution in [-0.2, 0) is 11.2 Å². The van der Waals surface area contributed by atoms with Gasteiger partial charge >= 0.3 is 0 Å². The number of H-pyrrole nitrogens is 1. The molecule has 1 saturated carbocycles. The second-order valence-electron chi connectivity index (χ2n) is 6.66. The quantitative estimate of drug-likeness (QED) is 0.838. The fourth-order valence-corrected chi connectivity index (χ4v) is 3.31. The highest BCUT2D eigenvalue weighted by Crippen LogP contribution is 2.27. The molecule has 22 heavy (non-hydrogen) atoms.